The maximum absolute atomic E-state index is 4.86. The van der Waals surface area contributed by atoms with Crippen LogP contribution >= 0.6 is 15.9 Å². The lowest BCUT2D eigenvalue weighted by atomic mass is 10.00. The van der Waals surface area contributed by atoms with Gasteiger partial charge in [-0.1, -0.05) is 34.1 Å². The molecule has 0 atom stereocenters. The molecular weight excluding hydrogens is 374 g/mol. The summed E-state index contributed by atoms with van der Waals surface area (Å²) >= 11 is 3.50. The number of nitrogens with zero attached hydrogens (tertiary/aromatic N) is 3. The summed E-state index contributed by atoms with van der Waals surface area (Å²) in [5, 5.41) is 0. The normalized spacial score (nSPS) is 13.6. The molecule has 0 unspecified atom stereocenters. The molecule has 4 rings (SSSR count). The maximum atomic E-state index is 4.86. The van der Waals surface area contributed by atoms with Crippen LogP contribution in [0.1, 0.15) is 12.1 Å². The Morgan fingerprint density at radius 3 is 2.44 bits per heavy atom. The Morgan fingerprint density at radius 1 is 0.880 bits per heavy atom. The van der Waals surface area contributed by atoms with Crippen LogP contribution in [0.25, 0.3) is 28.0 Å². The fourth-order valence-corrected chi connectivity index (χ4v) is 3.09. The van der Waals surface area contributed by atoms with Gasteiger partial charge in [0.15, 0.2) is 0 Å². The molecule has 1 aliphatic heterocycles. The summed E-state index contributed by atoms with van der Waals surface area (Å²) in [4.78, 5) is 13.5. The van der Waals surface area contributed by atoms with Crippen LogP contribution in [-0.4, -0.2) is 22.7 Å². The van der Waals surface area contributed by atoms with Gasteiger partial charge in [0.25, 0.3) is 0 Å². The zero-order valence-electron chi connectivity index (χ0n) is 13.6. The van der Waals surface area contributed by atoms with Crippen LogP contribution in [0.5, 0.6) is 0 Å². The molecule has 0 amide bonds. The molecule has 1 aliphatic rings. The number of hydrogen-bond acceptors (Lipinski definition) is 3. The molecule has 3 heterocycles. The molecule has 1 aromatic carbocycles. The Labute approximate surface area is 155 Å². The van der Waals surface area contributed by atoms with Crippen molar-refractivity contribution in [3.8, 4) is 22.4 Å². The highest BCUT2D eigenvalue weighted by molar-refractivity contribution is 9.10. The zero-order chi connectivity index (χ0) is 17.1. The second-order valence-corrected chi connectivity index (χ2v) is 6.77. The summed E-state index contributed by atoms with van der Waals surface area (Å²) in [7, 11) is 0. The second-order valence-electron chi connectivity index (χ2n) is 5.86. The van der Waals surface area contributed by atoms with Gasteiger partial charge in [0.2, 0.25) is 0 Å². The summed E-state index contributed by atoms with van der Waals surface area (Å²) in [6.45, 7) is 0.853. The largest absolute Gasteiger partial charge is 0.292 e. The van der Waals surface area contributed by atoms with Crippen molar-refractivity contribution in [3.63, 3.8) is 0 Å². The van der Waals surface area contributed by atoms with Gasteiger partial charge in [-0.15, -0.1) is 0 Å². The summed E-state index contributed by atoms with van der Waals surface area (Å²) in [5.41, 5.74) is 6.25. The number of aliphatic imine (C=N–C) groups is 1. The first kappa shape index (κ1) is 15.9. The number of pyridine rings is 2. The minimum atomic E-state index is 0.853. The van der Waals surface area contributed by atoms with Gasteiger partial charge in [-0.2, -0.15) is 0 Å². The van der Waals surface area contributed by atoms with Crippen LogP contribution < -0.4 is 0 Å². The Bertz CT molecular complexity index is 945. The van der Waals surface area contributed by atoms with Crippen molar-refractivity contribution in [3.05, 3.63) is 77.2 Å². The standard InChI is InChI=1S/C21H16BrN3/c22-19-7-5-15(6-8-19)18-11-20(16-3-1-9-23-13-16)25-21(12-18)17-4-2-10-24-14-17/h1,3-9,11-14H,2,10H2. The Morgan fingerprint density at radius 2 is 1.72 bits per heavy atom. The van der Waals surface area contributed by atoms with E-state index in [0.29, 0.717) is 0 Å². The van der Waals surface area contributed by atoms with Gasteiger partial charge in [0.05, 0.1) is 11.4 Å². The van der Waals surface area contributed by atoms with Gasteiger partial charge in [-0.25, -0.2) is 4.98 Å². The molecule has 25 heavy (non-hydrogen) atoms. The number of halogens is 1. The van der Waals surface area contributed by atoms with Crippen LogP contribution in [0.2, 0.25) is 0 Å². The smallest absolute Gasteiger partial charge is 0.0731 e. The average molecular weight is 390 g/mol. The van der Waals surface area contributed by atoms with E-state index in [1.54, 1.807) is 6.20 Å². The maximum Gasteiger partial charge on any atom is 0.0731 e. The third-order valence-electron chi connectivity index (χ3n) is 4.11. The average Bonchev–Trinajstić information content (AvgIpc) is 2.69. The number of benzene rings is 1. The lowest BCUT2D eigenvalue weighted by Gasteiger charge is -2.12. The lowest BCUT2D eigenvalue weighted by Crippen LogP contribution is -1.99. The first-order valence-corrected chi connectivity index (χ1v) is 8.98. The minimum absolute atomic E-state index is 0.853. The van der Waals surface area contributed by atoms with Crippen molar-refractivity contribution in [1.82, 2.24) is 9.97 Å². The fraction of sp³-hybridized carbons (Fsp3) is 0.0952. The number of rotatable bonds is 3. The van der Waals surface area contributed by atoms with Gasteiger partial charge in [-0.3, -0.25) is 9.98 Å². The number of allylic oxidation sites excluding steroid dienone is 1. The van der Waals surface area contributed by atoms with Crippen molar-refractivity contribution in [1.29, 1.82) is 0 Å². The van der Waals surface area contributed by atoms with E-state index in [4.69, 9.17) is 4.98 Å². The quantitative estimate of drug-likeness (QED) is 0.598. The molecule has 0 radical (unpaired) electrons. The van der Waals surface area contributed by atoms with Crippen LogP contribution in [0.15, 0.2) is 76.5 Å². The molecule has 0 saturated heterocycles. The molecule has 3 aromatic rings. The van der Waals surface area contributed by atoms with Crippen LogP contribution in [0.3, 0.4) is 0 Å². The van der Waals surface area contributed by atoms with Gasteiger partial charge in [0, 0.05) is 40.8 Å². The fourth-order valence-electron chi connectivity index (χ4n) is 2.83. The van der Waals surface area contributed by atoms with E-state index in [1.165, 1.54) is 0 Å². The Hall–Kier alpha value is -2.59. The van der Waals surface area contributed by atoms with Crippen LogP contribution in [0.4, 0.5) is 0 Å². The molecule has 3 nitrogen and oxygen atoms in total. The Kier molecular flexibility index (Phi) is 4.53. The minimum Gasteiger partial charge on any atom is -0.292 e. The van der Waals surface area contributed by atoms with Gasteiger partial charge >= 0.3 is 0 Å². The topological polar surface area (TPSA) is 38.1 Å². The van der Waals surface area contributed by atoms with Gasteiger partial charge < -0.3 is 0 Å². The molecule has 4 heteroatoms. The highest BCUT2D eigenvalue weighted by Crippen LogP contribution is 2.29. The van der Waals surface area contributed by atoms with Crippen molar-refractivity contribution < 1.29 is 0 Å². The summed E-state index contributed by atoms with van der Waals surface area (Å²) in [5.74, 6) is 0. The predicted molar refractivity (Wildman–Crippen MR) is 107 cm³/mol. The molecule has 0 aliphatic carbocycles. The van der Waals surface area contributed by atoms with Gasteiger partial charge in [-0.05, 0) is 53.9 Å². The molecule has 0 bridgehead atoms. The van der Waals surface area contributed by atoms with E-state index in [9.17, 15) is 0 Å². The van der Waals surface area contributed by atoms with E-state index in [1.807, 2.05) is 24.5 Å². The summed E-state index contributed by atoms with van der Waals surface area (Å²) in [6, 6.07) is 16.6. The molecule has 0 saturated carbocycles. The lowest BCUT2D eigenvalue weighted by molar-refractivity contribution is 1.00. The first-order valence-electron chi connectivity index (χ1n) is 8.18. The van der Waals surface area contributed by atoms with E-state index >= 15 is 0 Å². The second kappa shape index (κ2) is 7.11. The molecule has 0 fully saturated rings. The monoisotopic (exact) mass is 389 g/mol. The van der Waals surface area contributed by atoms with Crippen molar-refractivity contribution >= 4 is 27.7 Å². The highest BCUT2D eigenvalue weighted by atomic mass is 79.9. The molecule has 122 valence electrons. The number of aromatic nitrogens is 2. The van der Waals surface area contributed by atoms with E-state index in [2.05, 4.69) is 68.4 Å². The van der Waals surface area contributed by atoms with Crippen molar-refractivity contribution in [2.45, 2.75) is 6.42 Å². The molecule has 0 spiro atoms. The summed E-state index contributed by atoms with van der Waals surface area (Å²) < 4.78 is 1.07. The summed E-state index contributed by atoms with van der Waals surface area (Å²) in [6.07, 6.45) is 8.70. The van der Waals surface area contributed by atoms with E-state index in [0.717, 1.165) is 51.1 Å². The third kappa shape index (κ3) is 3.59. The molecular formula is C21H16BrN3. The van der Waals surface area contributed by atoms with E-state index in [-0.39, 0.29) is 0 Å². The number of dihydropyridines is 1. The van der Waals surface area contributed by atoms with Gasteiger partial charge in [0.1, 0.15) is 0 Å². The van der Waals surface area contributed by atoms with Crippen LogP contribution in [0, 0.1) is 0 Å². The third-order valence-corrected chi connectivity index (χ3v) is 4.64. The Balaban J connectivity index is 1.87. The predicted octanol–water partition coefficient (Wildman–Crippen LogP) is 5.43. The molecule has 2 aromatic heterocycles. The highest BCUT2D eigenvalue weighted by Gasteiger charge is 2.11. The number of hydrogen-bond donors (Lipinski definition) is 0. The zero-order valence-corrected chi connectivity index (χ0v) is 15.1. The van der Waals surface area contributed by atoms with E-state index < -0.39 is 0 Å². The molecule has 0 N–H and O–H groups in total. The van der Waals surface area contributed by atoms with Crippen molar-refractivity contribution in [2.24, 2.45) is 4.99 Å². The SMILES string of the molecule is Brc1ccc(-c2cc(C3=CCCN=C3)nc(-c3cccnc3)c2)cc1. The van der Waals surface area contributed by atoms with Crippen molar-refractivity contribution in [2.75, 3.05) is 6.54 Å². The first-order chi connectivity index (χ1) is 12.3. The van der Waals surface area contributed by atoms with Crippen LogP contribution in [-0.2, 0) is 0 Å².